The van der Waals surface area contributed by atoms with Crippen molar-refractivity contribution in [2.45, 2.75) is 31.3 Å². The highest BCUT2D eigenvalue weighted by Crippen LogP contribution is 2.40. The molecule has 2 aromatic rings. The van der Waals surface area contributed by atoms with Crippen LogP contribution in [0.25, 0.3) is 0 Å². The monoisotopic (exact) mass is 393 g/mol. The number of hydrogen-bond donors (Lipinski definition) is 1. The molecule has 0 aromatic heterocycles. The van der Waals surface area contributed by atoms with E-state index in [1.807, 2.05) is 41.3 Å². The molecule has 0 amide bonds. The van der Waals surface area contributed by atoms with Crippen LogP contribution in [-0.2, 0) is 4.79 Å². The number of methoxy groups -OCH3 is 1. The maximum atomic E-state index is 11.9. The number of hydrogen-bond acceptors (Lipinski definition) is 3. The molecule has 2 atom stereocenters. The van der Waals surface area contributed by atoms with Crippen molar-refractivity contribution in [1.29, 1.82) is 0 Å². The van der Waals surface area contributed by atoms with Crippen LogP contribution in [0.1, 0.15) is 36.4 Å². The van der Waals surface area contributed by atoms with Crippen molar-refractivity contribution in [1.82, 2.24) is 4.90 Å². The lowest BCUT2D eigenvalue weighted by Crippen LogP contribution is -2.46. The van der Waals surface area contributed by atoms with E-state index >= 15 is 0 Å². The van der Waals surface area contributed by atoms with Gasteiger partial charge in [-0.2, -0.15) is 0 Å². The van der Waals surface area contributed by atoms with Crippen molar-refractivity contribution >= 4 is 29.2 Å². The summed E-state index contributed by atoms with van der Waals surface area (Å²) in [5.74, 6) is -0.0923. The Labute approximate surface area is 163 Å². The summed E-state index contributed by atoms with van der Waals surface area (Å²) in [7, 11) is 1.61. The fourth-order valence-corrected chi connectivity index (χ4v) is 4.03. The molecule has 6 heteroatoms. The van der Waals surface area contributed by atoms with Gasteiger partial charge in [-0.15, -0.1) is 0 Å². The van der Waals surface area contributed by atoms with Gasteiger partial charge in [0.15, 0.2) is 0 Å². The third-order valence-corrected chi connectivity index (χ3v) is 5.68. The van der Waals surface area contributed by atoms with Crippen LogP contribution in [0.3, 0.4) is 0 Å². The van der Waals surface area contributed by atoms with Gasteiger partial charge in [0.05, 0.1) is 23.2 Å². The van der Waals surface area contributed by atoms with Crippen molar-refractivity contribution in [3.63, 3.8) is 0 Å². The van der Waals surface area contributed by atoms with Gasteiger partial charge in [-0.05, 0) is 48.7 Å². The molecule has 1 saturated heterocycles. The van der Waals surface area contributed by atoms with Gasteiger partial charge in [0.25, 0.3) is 0 Å². The predicted molar refractivity (Wildman–Crippen MR) is 103 cm³/mol. The lowest BCUT2D eigenvalue weighted by Gasteiger charge is -2.40. The summed E-state index contributed by atoms with van der Waals surface area (Å²) in [6.45, 7) is 0.682. The fourth-order valence-electron chi connectivity index (χ4n) is 3.62. The largest absolute Gasteiger partial charge is 0.497 e. The average molecular weight is 394 g/mol. The molecule has 0 spiro atoms. The molecule has 26 heavy (non-hydrogen) atoms. The molecule has 4 nitrogen and oxygen atoms in total. The zero-order valence-corrected chi connectivity index (χ0v) is 16.0. The molecule has 0 radical (unpaired) electrons. The minimum Gasteiger partial charge on any atom is -0.497 e. The number of piperidine rings is 1. The van der Waals surface area contributed by atoms with Gasteiger partial charge in [0.1, 0.15) is 11.8 Å². The smallest absolute Gasteiger partial charge is 0.320 e. The first-order chi connectivity index (χ1) is 12.5. The number of rotatable bonds is 5. The van der Waals surface area contributed by atoms with E-state index in [2.05, 4.69) is 0 Å². The number of benzene rings is 2. The molecule has 1 aliphatic rings. The number of halogens is 2. The highest BCUT2D eigenvalue weighted by molar-refractivity contribution is 6.42. The Morgan fingerprint density at radius 1 is 1.23 bits per heavy atom. The van der Waals surface area contributed by atoms with Crippen LogP contribution in [0.5, 0.6) is 5.75 Å². The molecule has 2 unspecified atom stereocenters. The zero-order chi connectivity index (χ0) is 18.7. The van der Waals surface area contributed by atoms with Gasteiger partial charge in [-0.3, -0.25) is 9.69 Å². The second kappa shape index (κ2) is 8.30. The number of carbonyl (C=O) groups is 1. The van der Waals surface area contributed by atoms with E-state index in [4.69, 9.17) is 27.9 Å². The molecule has 1 fully saturated rings. The first-order valence-electron chi connectivity index (χ1n) is 8.59. The topological polar surface area (TPSA) is 49.8 Å². The number of nitrogens with zero attached hydrogens (tertiary/aromatic N) is 1. The lowest BCUT2D eigenvalue weighted by atomic mass is 9.91. The summed E-state index contributed by atoms with van der Waals surface area (Å²) in [4.78, 5) is 13.9. The molecular formula is C20H21Cl2NO3. The van der Waals surface area contributed by atoms with E-state index in [1.165, 1.54) is 0 Å². The Hall–Kier alpha value is -1.75. The molecule has 1 aliphatic heterocycles. The van der Waals surface area contributed by atoms with Gasteiger partial charge in [0.2, 0.25) is 0 Å². The molecule has 1 heterocycles. The van der Waals surface area contributed by atoms with Crippen molar-refractivity contribution in [3.8, 4) is 5.75 Å². The molecule has 1 N–H and O–H groups in total. The van der Waals surface area contributed by atoms with Gasteiger partial charge < -0.3 is 9.84 Å². The number of carboxylic acid groups (broad SMARTS) is 1. The van der Waals surface area contributed by atoms with E-state index in [0.717, 1.165) is 29.7 Å². The molecule has 3 rings (SSSR count). The molecule has 0 saturated carbocycles. The quantitative estimate of drug-likeness (QED) is 0.773. The van der Waals surface area contributed by atoms with Crippen LogP contribution < -0.4 is 4.74 Å². The predicted octanol–water partition coefficient (Wildman–Crippen LogP) is 5.03. The van der Waals surface area contributed by atoms with Gasteiger partial charge in [-0.25, -0.2) is 0 Å². The van der Waals surface area contributed by atoms with Crippen LogP contribution >= 0.6 is 23.2 Å². The Kier molecular flexibility index (Phi) is 6.07. The van der Waals surface area contributed by atoms with Crippen LogP contribution in [-0.4, -0.2) is 35.7 Å². The highest BCUT2D eigenvalue weighted by atomic mass is 35.5. The summed E-state index contributed by atoms with van der Waals surface area (Å²) in [5, 5.41) is 10.7. The van der Waals surface area contributed by atoms with Crippen LogP contribution in [0.4, 0.5) is 0 Å². The van der Waals surface area contributed by atoms with Crippen LogP contribution in [0, 0.1) is 0 Å². The van der Waals surface area contributed by atoms with Crippen molar-refractivity contribution in [3.05, 3.63) is 63.6 Å². The number of likely N-dealkylation sites (tertiary alicyclic amines) is 1. The molecule has 138 valence electrons. The third kappa shape index (κ3) is 3.83. The molecule has 2 aromatic carbocycles. The van der Waals surface area contributed by atoms with E-state index in [1.54, 1.807) is 13.2 Å². The average Bonchev–Trinajstić information content (AvgIpc) is 2.66. The highest BCUT2D eigenvalue weighted by Gasteiger charge is 2.36. The van der Waals surface area contributed by atoms with Crippen molar-refractivity contribution < 1.29 is 14.6 Å². The fraction of sp³-hybridized carbons (Fsp3) is 0.350. The molecule has 0 bridgehead atoms. The minimum atomic E-state index is -0.809. The number of aliphatic carboxylic acids is 1. The first-order valence-corrected chi connectivity index (χ1v) is 9.35. The zero-order valence-electron chi connectivity index (χ0n) is 14.5. The van der Waals surface area contributed by atoms with E-state index in [-0.39, 0.29) is 6.04 Å². The second-order valence-corrected chi connectivity index (χ2v) is 7.20. The molecular weight excluding hydrogens is 373 g/mol. The van der Waals surface area contributed by atoms with Crippen molar-refractivity contribution in [2.75, 3.05) is 13.7 Å². The summed E-state index contributed by atoms with van der Waals surface area (Å²) in [6.07, 6.45) is 2.47. The summed E-state index contributed by atoms with van der Waals surface area (Å²) in [5.41, 5.74) is 1.74. The third-order valence-electron chi connectivity index (χ3n) is 4.85. The standard InChI is InChI=1S/C20H21Cl2NO3/c1-26-14-7-4-6-13(12-14)19(15-8-5-9-16(21)18(15)22)23-11-3-2-10-17(23)20(24)25/h4-9,12,17,19H,2-3,10-11H2,1H3,(H,24,25). The van der Waals surface area contributed by atoms with Gasteiger partial charge in [0, 0.05) is 0 Å². The maximum Gasteiger partial charge on any atom is 0.320 e. The van der Waals surface area contributed by atoms with E-state index in [0.29, 0.717) is 23.0 Å². The Balaban J connectivity index is 2.15. The summed E-state index contributed by atoms with van der Waals surface area (Å²) in [6, 6.07) is 12.3. The Bertz CT molecular complexity index is 796. The van der Waals surface area contributed by atoms with E-state index in [9.17, 15) is 9.90 Å². The van der Waals surface area contributed by atoms with Crippen LogP contribution in [0.2, 0.25) is 10.0 Å². The van der Waals surface area contributed by atoms with Gasteiger partial charge >= 0.3 is 5.97 Å². The maximum absolute atomic E-state index is 11.9. The second-order valence-electron chi connectivity index (χ2n) is 6.41. The number of ether oxygens (including phenoxy) is 1. The van der Waals surface area contributed by atoms with Crippen molar-refractivity contribution in [2.24, 2.45) is 0 Å². The minimum absolute atomic E-state index is 0.308. The normalized spacial score (nSPS) is 19.1. The SMILES string of the molecule is COc1cccc(C(c2cccc(Cl)c2Cl)N2CCCCC2C(=O)O)c1. The van der Waals surface area contributed by atoms with E-state index < -0.39 is 12.0 Å². The molecule has 0 aliphatic carbocycles. The Morgan fingerprint density at radius 2 is 2.00 bits per heavy atom. The summed E-state index contributed by atoms with van der Waals surface area (Å²) >= 11 is 12.8. The van der Waals surface area contributed by atoms with Crippen LogP contribution in [0.15, 0.2) is 42.5 Å². The lowest BCUT2D eigenvalue weighted by molar-refractivity contribution is -0.145. The summed E-state index contributed by atoms with van der Waals surface area (Å²) < 4.78 is 5.36. The first kappa shape index (κ1) is 19.0. The Morgan fingerprint density at radius 3 is 2.73 bits per heavy atom. The van der Waals surface area contributed by atoms with Gasteiger partial charge in [-0.1, -0.05) is 53.9 Å². The number of carboxylic acids is 1.